The molecule has 4 aliphatic rings. The number of amides is 2. The predicted octanol–water partition coefficient (Wildman–Crippen LogP) is 6.74. The van der Waals surface area contributed by atoms with E-state index in [9.17, 15) is 19.5 Å². The number of thiophene rings is 1. The highest BCUT2D eigenvalue weighted by molar-refractivity contribution is 7.15. The fourth-order valence-electron chi connectivity index (χ4n) is 7.43. The van der Waals surface area contributed by atoms with Gasteiger partial charge < -0.3 is 14.9 Å². The molecule has 1 spiro atoms. The van der Waals surface area contributed by atoms with Gasteiger partial charge in [0.25, 0.3) is 0 Å². The number of allylic oxidation sites excluding steroid dienone is 2. The Morgan fingerprint density at radius 3 is 2.35 bits per heavy atom. The Morgan fingerprint density at radius 1 is 1.08 bits per heavy atom. The van der Waals surface area contributed by atoms with E-state index in [4.69, 9.17) is 0 Å². The fraction of sp³-hybridized carbons (Fsp3) is 0.700. The van der Waals surface area contributed by atoms with E-state index < -0.39 is 5.97 Å². The van der Waals surface area contributed by atoms with E-state index in [0.717, 1.165) is 81.9 Å². The number of hydrogen-bond acceptors (Lipinski definition) is 4. The monoisotopic (exact) mass is 526 g/mol. The molecule has 2 amide bonds. The van der Waals surface area contributed by atoms with Crippen LogP contribution in [0.3, 0.4) is 0 Å². The van der Waals surface area contributed by atoms with Gasteiger partial charge in [0.05, 0.1) is 5.69 Å². The van der Waals surface area contributed by atoms with Gasteiger partial charge in [-0.3, -0.25) is 9.59 Å². The number of nitrogens with zero attached hydrogens (tertiary/aromatic N) is 2. The van der Waals surface area contributed by atoms with Crippen LogP contribution in [0.5, 0.6) is 0 Å². The summed E-state index contributed by atoms with van der Waals surface area (Å²) in [6, 6.07) is 1.98. The first kappa shape index (κ1) is 26.5. The Morgan fingerprint density at radius 2 is 1.78 bits per heavy atom. The number of aromatic carboxylic acids is 1. The summed E-state index contributed by atoms with van der Waals surface area (Å²) < 4.78 is 0. The minimum absolute atomic E-state index is 0.0298. The molecular formula is C30H42N2O4S. The zero-order valence-electron chi connectivity index (χ0n) is 22.6. The van der Waals surface area contributed by atoms with E-state index in [1.54, 1.807) is 0 Å². The van der Waals surface area contributed by atoms with Gasteiger partial charge in [0.1, 0.15) is 4.88 Å². The van der Waals surface area contributed by atoms with Gasteiger partial charge in [-0.15, -0.1) is 11.3 Å². The Balaban J connectivity index is 1.47. The average molecular weight is 527 g/mol. The van der Waals surface area contributed by atoms with E-state index in [1.165, 1.54) is 23.3 Å². The Labute approximate surface area is 225 Å². The molecule has 0 aromatic carbocycles. The van der Waals surface area contributed by atoms with Gasteiger partial charge in [0, 0.05) is 35.3 Å². The van der Waals surface area contributed by atoms with Crippen molar-refractivity contribution in [3.8, 4) is 0 Å². The number of anilines is 1. The number of rotatable bonds is 5. The Hall–Kier alpha value is -2.15. The summed E-state index contributed by atoms with van der Waals surface area (Å²) in [6.07, 6.45) is 14.6. The number of carboxylic acids is 1. The first-order chi connectivity index (χ1) is 17.7. The second-order valence-corrected chi connectivity index (χ2v) is 13.3. The van der Waals surface area contributed by atoms with Crippen LogP contribution in [0, 0.1) is 17.8 Å². The summed E-state index contributed by atoms with van der Waals surface area (Å²) in [4.78, 5) is 44.5. The van der Waals surface area contributed by atoms with Gasteiger partial charge in [-0.05, 0) is 101 Å². The van der Waals surface area contributed by atoms with Crippen LogP contribution >= 0.6 is 11.3 Å². The number of hydrogen-bond donors (Lipinski definition) is 1. The van der Waals surface area contributed by atoms with Gasteiger partial charge in [-0.2, -0.15) is 0 Å². The lowest BCUT2D eigenvalue weighted by atomic mass is 9.75. The molecule has 1 unspecified atom stereocenters. The second-order valence-electron chi connectivity index (χ2n) is 12.2. The van der Waals surface area contributed by atoms with Gasteiger partial charge >= 0.3 is 5.97 Å². The fourth-order valence-corrected chi connectivity index (χ4v) is 8.49. The van der Waals surface area contributed by atoms with Crippen molar-refractivity contribution in [3.63, 3.8) is 0 Å². The highest BCUT2D eigenvalue weighted by Gasteiger charge is 2.50. The van der Waals surface area contributed by atoms with Crippen molar-refractivity contribution in [1.82, 2.24) is 4.90 Å². The summed E-state index contributed by atoms with van der Waals surface area (Å²) in [5.74, 6) is 0.0395. The van der Waals surface area contributed by atoms with Gasteiger partial charge in [0.15, 0.2) is 0 Å². The van der Waals surface area contributed by atoms with E-state index in [0.29, 0.717) is 16.5 Å². The molecule has 2 saturated carbocycles. The third-order valence-corrected chi connectivity index (χ3v) is 11.0. The van der Waals surface area contributed by atoms with Crippen LogP contribution in [0.1, 0.15) is 112 Å². The van der Waals surface area contributed by atoms with Crippen molar-refractivity contribution in [2.45, 2.75) is 109 Å². The molecule has 1 aliphatic heterocycles. The summed E-state index contributed by atoms with van der Waals surface area (Å²) in [6.45, 7) is 4.27. The minimum atomic E-state index is -0.944. The van der Waals surface area contributed by atoms with Crippen LogP contribution in [0.2, 0.25) is 0 Å². The molecule has 6 nitrogen and oxygen atoms in total. The molecule has 7 heteroatoms. The van der Waals surface area contributed by atoms with Crippen LogP contribution in [0.25, 0.3) is 5.57 Å². The van der Waals surface area contributed by atoms with Gasteiger partial charge in [-0.25, -0.2) is 4.79 Å². The lowest BCUT2D eigenvalue weighted by Crippen LogP contribution is -2.52. The zero-order valence-corrected chi connectivity index (χ0v) is 23.4. The van der Waals surface area contributed by atoms with Crippen LogP contribution in [0.15, 0.2) is 12.1 Å². The largest absolute Gasteiger partial charge is 0.477 e. The van der Waals surface area contributed by atoms with Crippen molar-refractivity contribution in [3.05, 3.63) is 21.9 Å². The highest BCUT2D eigenvalue weighted by Crippen LogP contribution is 2.47. The molecule has 3 fully saturated rings. The summed E-state index contributed by atoms with van der Waals surface area (Å²) in [5, 5.41) is 10.2. The normalized spacial score (nSPS) is 32.5. The van der Waals surface area contributed by atoms with Crippen molar-refractivity contribution < 1.29 is 19.5 Å². The zero-order chi connectivity index (χ0) is 26.3. The second kappa shape index (κ2) is 10.5. The SMILES string of the molecule is CC1CCC(C(=O)N(c2cc(C3=CCCCC3)sc2C(=O)O)C2CCC3(CC2)CC(C)C(=O)N3C)CC1. The molecule has 1 N–H and O–H groups in total. The van der Waals surface area contributed by atoms with E-state index in [2.05, 4.69) is 13.0 Å². The molecule has 2 heterocycles. The van der Waals surface area contributed by atoms with Crippen LogP contribution in [0.4, 0.5) is 5.69 Å². The molecular weight excluding hydrogens is 484 g/mol. The lowest BCUT2D eigenvalue weighted by Gasteiger charge is -2.45. The molecule has 37 heavy (non-hydrogen) atoms. The molecule has 1 atom stereocenters. The maximum absolute atomic E-state index is 14.2. The molecule has 5 rings (SSSR count). The minimum Gasteiger partial charge on any atom is -0.477 e. The number of likely N-dealkylation sites (tertiary alicyclic amines) is 1. The Kier molecular flexibility index (Phi) is 7.54. The van der Waals surface area contributed by atoms with Crippen LogP contribution in [-0.4, -0.2) is 46.4 Å². The smallest absolute Gasteiger partial charge is 0.348 e. The van der Waals surface area contributed by atoms with Crippen molar-refractivity contribution >= 4 is 40.4 Å². The van der Waals surface area contributed by atoms with Crippen molar-refractivity contribution in [2.75, 3.05) is 11.9 Å². The van der Waals surface area contributed by atoms with Gasteiger partial charge in [0.2, 0.25) is 11.8 Å². The first-order valence-electron chi connectivity index (χ1n) is 14.4. The molecule has 3 aliphatic carbocycles. The number of carbonyl (C=O) groups is 3. The molecule has 1 aromatic heterocycles. The first-order valence-corrected chi connectivity index (χ1v) is 15.2. The standard InChI is InChI=1S/C30H42N2O4S/c1-19-9-11-22(12-10-19)28(34)32(23-13-15-30(16-14-23)18-20(2)27(33)31(30)3)24-17-25(37-26(24)29(35)36)21-7-5-4-6-8-21/h7,17,19-20,22-23H,4-6,8-16,18H2,1-3H3,(H,35,36). The van der Waals surface area contributed by atoms with Gasteiger partial charge in [-0.1, -0.05) is 19.9 Å². The van der Waals surface area contributed by atoms with E-state index in [-0.39, 0.29) is 35.2 Å². The van der Waals surface area contributed by atoms with Crippen molar-refractivity contribution in [2.24, 2.45) is 17.8 Å². The third kappa shape index (κ3) is 5.00. The van der Waals surface area contributed by atoms with E-state index >= 15 is 0 Å². The van der Waals surface area contributed by atoms with Crippen molar-refractivity contribution in [1.29, 1.82) is 0 Å². The Bertz CT molecular complexity index is 1080. The quantitative estimate of drug-likeness (QED) is 0.461. The summed E-state index contributed by atoms with van der Waals surface area (Å²) in [7, 11) is 1.93. The molecule has 1 saturated heterocycles. The molecule has 0 bridgehead atoms. The summed E-state index contributed by atoms with van der Waals surface area (Å²) in [5.41, 5.74) is 1.71. The topological polar surface area (TPSA) is 77.9 Å². The van der Waals surface area contributed by atoms with Crippen LogP contribution < -0.4 is 4.90 Å². The summed E-state index contributed by atoms with van der Waals surface area (Å²) >= 11 is 1.34. The maximum Gasteiger partial charge on any atom is 0.348 e. The average Bonchev–Trinajstić information content (AvgIpc) is 3.42. The molecule has 1 aromatic rings. The number of carboxylic acid groups (broad SMARTS) is 1. The number of carbonyl (C=O) groups excluding carboxylic acids is 2. The molecule has 202 valence electrons. The highest BCUT2D eigenvalue weighted by atomic mass is 32.1. The maximum atomic E-state index is 14.2. The predicted molar refractivity (Wildman–Crippen MR) is 148 cm³/mol. The lowest BCUT2D eigenvalue weighted by molar-refractivity contribution is -0.133. The van der Waals surface area contributed by atoms with E-state index in [1.807, 2.05) is 29.8 Å². The molecule has 0 radical (unpaired) electrons. The van der Waals surface area contributed by atoms with Crippen LogP contribution in [-0.2, 0) is 9.59 Å². The third-order valence-electron chi connectivity index (χ3n) is 9.78.